The lowest BCUT2D eigenvalue weighted by Crippen LogP contribution is -2.42. The van der Waals surface area contributed by atoms with E-state index in [0.717, 1.165) is 57.8 Å². The summed E-state index contributed by atoms with van der Waals surface area (Å²) >= 11 is 0. The molecule has 4 rings (SSSR count). The molecule has 0 bridgehead atoms. The Hall–Kier alpha value is -3.80. The van der Waals surface area contributed by atoms with E-state index in [0.29, 0.717) is 18.8 Å². The molecule has 0 radical (unpaired) electrons. The topological polar surface area (TPSA) is 65.1 Å². The molecule has 0 N–H and O–H groups in total. The minimum absolute atomic E-state index is 0.0273. The number of benzene rings is 3. The number of nitrogens with zero attached hydrogens (tertiary/aromatic N) is 1. The van der Waals surface area contributed by atoms with Gasteiger partial charge in [-0.2, -0.15) is 0 Å². The summed E-state index contributed by atoms with van der Waals surface area (Å²) in [7, 11) is 1.79. The first-order valence-electron chi connectivity index (χ1n) is 12.6. The van der Waals surface area contributed by atoms with E-state index in [1.807, 2.05) is 75.4 Å². The lowest BCUT2D eigenvalue weighted by atomic mass is 9.87. The number of hydrogen-bond donors (Lipinski definition) is 0. The van der Waals surface area contributed by atoms with Gasteiger partial charge in [0.25, 0.3) is 0 Å². The lowest BCUT2D eigenvalue weighted by molar-refractivity contribution is -0.132. The van der Waals surface area contributed by atoms with Crippen LogP contribution < -0.4 is 19.1 Å². The molecule has 1 atom stereocenters. The highest BCUT2D eigenvalue weighted by atomic mass is 16.5. The molecule has 3 aromatic carbocycles. The van der Waals surface area contributed by atoms with Crippen LogP contribution in [-0.4, -0.2) is 31.1 Å². The van der Waals surface area contributed by atoms with Crippen molar-refractivity contribution in [2.24, 2.45) is 0 Å². The van der Waals surface area contributed by atoms with Gasteiger partial charge < -0.3 is 19.1 Å². The van der Waals surface area contributed by atoms with Crippen molar-refractivity contribution >= 4 is 17.6 Å². The zero-order chi connectivity index (χ0) is 26.7. The Balaban J connectivity index is 1.41. The second kappa shape index (κ2) is 10.7. The minimum atomic E-state index is -0.499. The molecule has 1 heterocycles. The minimum Gasteiger partial charge on any atom is -0.489 e. The summed E-state index contributed by atoms with van der Waals surface area (Å²) in [5.74, 6) is 1.92. The van der Waals surface area contributed by atoms with Crippen LogP contribution in [-0.2, 0) is 22.4 Å². The Kier molecular flexibility index (Phi) is 7.58. The molecule has 194 valence electrons. The van der Waals surface area contributed by atoms with Crippen molar-refractivity contribution in [3.63, 3.8) is 0 Å². The van der Waals surface area contributed by atoms with Crippen molar-refractivity contribution in [1.82, 2.24) is 0 Å². The van der Waals surface area contributed by atoms with Crippen LogP contribution in [0.4, 0.5) is 5.69 Å². The monoisotopic (exact) mass is 501 g/mol. The Morgan fingerprint density at radius 2 is 1.65 bits per heavy atom. The number of ether oxygens (including phenoxy) is 3. The summed E-state index contributed by atoms with van der Waals surface area (Å²) in [6, 6.07) is 17.3. The van der Waals surface area contributed by atoms with Crippen LogP contribution in [0.2, 0.25) is 0 Å². The summed E-state index contributed by atoms with van der Waals surface area (Å²) in [4.78, 5) is 25.9. The predicted molar refractivity (Wildman–Crippen MR) is 145 cm³/mol. The molecular formula is C31H35NO5. The highest BCUT2D eigenvalue weighted by Gasteiger charge is 2.36. The van der Waals surface area contributed by atoms with Crippen molar-refractivity contribution in [1.29, 1.82) is 0 Å². The van der Waals surface area contributed by atoms with E-state index in [4.69, 9.17) is 14.2 Å². The van der Waals surface area contributed by atoms with Gasteiger partial charge in [-0.15, -0.1) is 0 Å². The van der Waals surface area contributed by atoms with Crippen LogP contribution in [0.1, 0.15) is 48.1 Å². The lowest BCUT2D eigenvalue weighted by Gasteiger charge is -2.37. The summed E-state index contributed by atoms with van der Waals surface area (Å²) in [5, 5.41) is 0. The Bertz CT molecular complexity index is 1300. The summed E-state index contributed by atoms with van der Waals surface area (Å²) in [5.41, 5.74) is 5.24. The average molecular weight is 502 g/mol. The number of likely N-dealkylation sites (N-methyl/N-ethyl adjacent to an activating group) is 1. The van der Waals surface area contributed by atoms with Gasteiger partial charge in [0, 0.05) is 25.2 Å². The molecule has 0 saturated carbocycles. The maximum atomic E-state index is 12.7. The molecule has 1 aliphatic rings. The molecular weight excluding hydrogens is 466 g/mol. The Morgan fingerprint density at radius 3 is 2.30 bits per heavy atom. The van der Waals surface area contributed by atoms with Crippen LogP contribution in [0.5, 0.6) is 17.2 Å². The Labute approximate surface area is 219 Å². The third kappa shape index (κ3) is 5.79. The smallest absolute Gasteiger partial charge is 0.308 e. The molecule has 6 heteroatoms. The third-order valence-corrected chi connectivity index (χ3v) is 7.15. The molecule has 37 heavy (non-hydrogen) atoms. The highest BCUT2D eigenvalue weighted by molar-refractivity contribution is 5.94. The number of carbonyl (C=O) groups is 2. The van der Waals surface area contributed by atoms with E-state index in [9.17, 15) is 9.59 Å². The van der Waals surface area contributed by atoms with Gasteiger partial charge in [0.05, 0.1) is 6.42 Å². The molecule has 0 spiro atoms. The van der Waals surface area contributed by atoms with E-state index in [1.165, 1.54) is 6.92 Å². The number of amides is 1. The number of fused-ring (bicyclic) bond motifs is 1. The van der Waals surface area contributed by atoms with Crippen molar-refractivity contribution in [2.75, 3.05) is 18.6 Å². The van der Waals surface area contributed by atoms with Gasteiger partial charge in [0.1, 0.15) is 29.5 Å². The molecule has 0 saturated heterocycles. The summed E-state index contributed by atoms with van der Waals surface area (Å²) < 4.78 is 18.2. The van der Waals surface area contributed by atoms with Gasteiger partial charge in [-0.1, -0.05) is 30.3 Å². The number of hydrogen-bond acceptors (Lipinski definition) is 5. The largest absolute Gasteiger partial charge is 0.489 e. The second-order valence-corrected chi connectivity index (χ2v) is 10.1. The van der Waals surface area contributed by atoms with Crippen molar-refractivity contribution in [2.45, 2.75) is 59.5 Å². The van der Waals surface area contributed by atoms with Crippen LogP contribution in [0, 0.1) is 20.8 Å². The summed E-state index contributed by atoms with van der Waals surface area (Å²) in [6.45, 7) is 9.81. The SMILES string of the molecule is CC(=O)Oc1c(C)c(C)c2c(c1C)CCC(C)(COc1ccc(N(C)C(=O)Cc3ccccc3)cc1)O2. The van der Waals surface area contributed by atoms with Gasteiger partial charge in [0.15, 0.2) is 0 Å². The number of carbonyl (C=O) groups excluding carboxylic acids is 2. The molecule has 0 fully saturated rings. The Morgan fingerprint density at radius 1 is 0.973 bits per heavy atom. The zero-order valence-electron chi connectivity index (χ0n) is 22.5. The molecule has 1 amide bonds. The van der Waals surface area contributed by atoms with Crippen LogP contribution in [0.25, 0.3) is 0 Å². The van der Waals surface area contributed by atoms with Gasteiger partial charge in [-0.25, -0.2) is 0 Å². The van der Waals surface area contributed by atoms with E-state index < -0.39 is 5.60 Å². The van der Waals surface area contributed by atoms with E-state index in [-0.39, 0.29) is 11.9 Å². The average Bonchev–Trinajstić information content (AvgIpc) is 2.89. The fourth-order valence-corrected chi connectivity index (χ4v) is 4.72. The first kappa shape index (κ1) is 26.3. The second-order valence-electron chi connectivity index (χ2n) is 10.1. The van der Waals surface area contributed by atoms with E-state index >= 15 is 0 Å². The molecule has 3 aromatic rings. The fraction of sp³-hybridized carbons (Fsp3) is 0.355. The molecule has 1 unspecified atom stereocenters. The predicted octanol–water partition coefficient (Wildman–Crippen LogP) is 5.91. The number of rotatable bonds is 7. The van der Waals surface area contributed by atoms with Gasteiger partial charge in [-0.3, -0.25) is 9.59 Å². The maximum absolute atomic E-state index is 12.7. The normalized spacial score (nSPS) is 16.4. The maximum Gasteiger partial charge on any atom is 0.308 e. The van der Waals surface area contributed by atoms with E-state index in [2.05, 4.69) is 6.92 Å². The molecule has 0 aromatic heterocycles. The zero-order valence-corrected chi connectivity index (χ0v) is 22.5. The molecule has 1 aliphatic heterocycles. The fourth-order valence-electron chi connectivity index (χ4n) is 4.72. The van der Waals surface area contributed by atoms with Crippen LogP contribution >= 0.6 is 0 Å². The quantitative estimate of drug-likeness (QED) is 0.298. The number of anilines is 1. The highest BCUT2D eigenvalue weighted by Crippen LogP contribution is 2.44. The van der Waals surface area contributed by atoms with E-state index in [1.54, 1.807) is 11.9 Å². The standard InChI is InChI=1S/C31H35NO5/c1-20-21(2)30-27(22(3)29(20)36-23(4)33)16-17-31(5,37-30)19-35-26-14-12-25(13-15-26)32(6)28(34)18-24-10-8-7-9-11-24/h7-15H,16-19H2,1-6H3. The van der Waals surface area contributed by atoms with Gasteiger partial charge >= 0.3 is 5.97 Å². The number of esters is 1. The van der Waals surface area contributed by atoms with Crippen LogP contribution in [0.3, 0.4) is 0 Å². The molecule has 0 aliphatic carbocycles. The first-order valence-corrected chi connectivity index (χ1v) is 12.6. The van der Waals surface area contributed by atoms with Crippen molar-refractivity contribution in [3.05, 3.63) is 82.4 Å². The molecule has 6 nitrogen and oxygen atoms in total. The first-order chi connectivity index (χ1) is 17.6. The van der Waals surface area contributed by atoms with Crippen LogP contribution in [0.15, 0.2) is 54.6 Å². The van der Waals surface area contributed by atoms with Crippen molar-refractivity contribution < 1.29 is 23.8 Å². The third-order valence-electron chi connectivity index (χ3n) is 7.15. The van der Waals surface area contributed by atoms with Crippen molar-refractivity contribution in [3.8, 4) is 17.2 Å². The van der Waals surface area contributed by atoms with Gasteiger partial charge in [0.2, 0.25) is 5.91 Å². The summed E-state index contributed by atoms with van der Waals surface area (Å²) in [6.07, 6.45) is 1.94. The van der Waals surface area contributed by atoms with Gasteiger partial charge in [-0.05, 0) is 87.1 Å².